The Bertz CT molecular complexity index is 935. The molecule has 0 radical (unpaired) electrons. The molecule has 3 unspecified atom stereocenters. The van der Waals surface area contributed by atoms with Crippen molar-refractivity contribution in [1.82, 2.24) is 0 Å². The second kappa shape index (κ2) is 11.5. The highest BCUT2D eigenvalue weighted by molar-refractivity contribution is 7.66. The lowest BCUT2D eigenvalue weighted by Gasteiger charge is -2.33. The third kappa shape index (κ3) is 11.3. The molecule has 0 aromatic carbocycles. The Kier molecular flexibility index (Phi) is 10.6. The van der Waals surface area contributed by atoms with Gasteiger partial charge in [-0.25, -0.2) is 13.7 Å². The van der Waals surface area contributed by atoms with Crippen LogP contribution in [0.15, 0.2) is 5.11 Å². The number of rotatable bonds is 13. The van der Waals surface area contributed by atoms with Crippen LogP contribution in [0.25, 0.3) is 10.4 Å². The normalized spacial score (nSPS) is 25.1. The predicted octanol–water partition coefficient (Wildman–Crippen LogP) is 1.74. The van der Waals surface area contributed by atoms with Crippen LogP contribution in [0.4, 0.5) is 0 Å². The summed E-state index contributed by atoms with van der Waals surface area (Å²) in [7, 11) is -14.9. The van der Waals surface area contributed by atoms with Gasteiger partial charge in [-0.1, -0.05) is 19.0 Å². The van der Waals surface area contributed by atoms with Gasteiger partial charge in [0.25, 0.3) is 0 Å². The maximum atomic E-state index is 12.8. The lowest BCUT2D eigenvalue weighted by atomic mass is 9.75. The Labute approximate surface area is 196 Å². The largest absolute Gasteiger partial charge is 0.490 e. The van der Waals surface area contributed by atoms with Crippen molar-refractivity contribution in [2.24, 2.45) is 15.9 Å². The van der Waals surface area contributed by atoms with Crippen molar-refractivity contribution >= 4 is 37.3 Å². The molecule has 196 valence electrons. The zero-order valence-electron chi connectivity index (χ0n) is 19.2. The van der Waals surface area contributed by atoms with Crippen molar-refractivity contribution in [1.29, 1.82) is 0 Å². The van der Waals surface area contributed by atoms with Gasteiger partial charge in [0.2, 0.25) is 0 Å². The lowest BCUT2D eigenvalue weighted by molar-refractivity contribution is -0.164. The van der Waals surface area contributed by atoms with Crippen LogP contribution in [0, 0.1) is 10.8 Å². The van der Waals surface area contributed by atoms with Gasteiger partial charge in [-0.2, -0.15) is 8.62 Å². The van der Waals surface area contributed by atoms with E-state index in [0.29, 0.717) is 6.42 Å². The number of phosphoric ester groups is 1. The highest BCUT2D eigenvalue weighted by atomic mass is 31.3. The number of carbonyl (C=O) groups excluding carboxylic acids is 1. The molecule has 34 heavy (non-hydrogen) atoms. The molecule has 4 N–H and O–H groups in total. The van der Waals surface area contributed by atoms with Crippen LogP contribution >= 0.6 is 23.5 Å². The van der Waals surface area contributed by atoms with E-state index in [4.69, 9.17) is 24.8 Å². The van der Waals surface area contributed by atoms with Crippen LogP contribution in [0.5, 0.6) is 0 Å². The molecule has 1 rings (SSSR count). The minimum Gasteiger partial charge on any atom is -0.459 e. The quantitative estimate of drug-likeness (QED) is 0.0637. The van der Waals surface area contributed by atoms with Crippen molar-refractivity contribution in [3.63, 3.8) is 0 Å². The topological polar surface area (TPSA) is 244 Å². The Hall–Kier alpha value is -0.785. The van der Waals surface area contributed by atoms with Gasteiger partial charge in [0.1, 0.15) is 20.1 Å². The Balaban J connectivity index is 2.80. The summed E-state index contributed by atoms with van der Waals surface area (Å²) in [4.78, 5) is 51.5. The zero-order chi connectivity index (χ0) is 26.6. The molecule has 20 heteroatoms. The van der Waals surface area contributed by atoms with Crippen LogP contribution in [-0.4, -0.2) is 64.8 Å². The molecular weight excluding hydrogens is 522 g/mol. The van der Waals surface area contributed by atoms with Crippen LogP contribution in [0.3, 0.4) is 0 Å². The number of azide groups is 1. The van der Waals surface area contributed by atoms with Crippen molar-refractivity contribution in [3.05, 3.63) is 10.4 Å². The minimum absolute atomic E-state index is 0.159. The summed E-state index contributed by atoms with van der Waals surface area (Å²) in [5.41, 5.74) is 7.02. The third-order valence-corrected chi connectivity index (χ3v) is 8.30. The van der Waals surface area contributed by atoms with Crippen LogP contribution in [0.1, 0.15) is 40.5 Å². The first-order valence-electron chi connectivity index (χ1n) is 9.83. The molecule has 1 saturated heterocycles. The fraction of sp³-hybridized carbons (Fsp3) is 0.929. The monoisotopic (exact) mass is 551 g/mol. The molecule has 0 saturated carbocycles. The van der Waals surface area contributed by atoms with Gasteiger partial charge in [-0.15, -0.1) is 0 Å². The third-order valence-electron chi connectivity index (χ3n) is 4.50. The summed E-state index contributed by atoms with van der Waals surface area (Å²) >= 11 is 0. The number of carbonyl (C=O) groups is 1. The van der Waals surface area contributed by atoms with Gasteiger partial charge in [0.05, 0.1) is 12.0 Å². The van der Waals surface area contributed by atoms with Gasteiger partial charge < -0.3 is 29.0 Å². The standard InChI is InChI=1S/C14H29BN3O13P3/c1-13(2,8-17-18-16)7-14(3,4)12(19)29-9-5-11(15)28-10(9)6-27-33(23,24)31-34(25,26)30-32(20,21)22/h9-11H,5-8,15H2,1-4H3,(H,23,24)(H,25,26)(H2,20,21,22)/t9?,10-,11-/m1/s1. The molecule has 1 aliphatic heterocycles. The van der Waals surface area contributed by atoms with Crippen LogP contribution in [0.2, 0.25) is 0 Å². The fourth-order valence-electron chi connectivity index (χ4n) is 3.51. The molecule has 1 heterocycles. The minimum atomic E-state index is -5.65. The van der Waals surface area contributed by atoms with Crippen molar-refractivity contribution < 1.29 is 60.7 Å². The maximum absolute atomic E-state index is 12.8. The average Bonchev–Trinajstić information content (AvgIpc) is 2.93. The molecule has 1 fully saturated rings. The van der Waals surface area contributed by atoms with E-state index in [0.717, 1.165) is 0 Å². The number of hydrogen-bond acceptors (Lipinski definition) is 10. The second-order valence-corrected chi connectivity index (χ2v) is 13.6. The van der Waals surface area contributed by atoms with E-state index in [9.17, 15) is 28.3 Å². The van der Waals surface area contributed by atoms with Crippen molar-refractivity contribution in [2.45, 2.75) is 58.7 Å². The van der Waals surface area contributed by atoms with Crippen LogP contribution in [-0.2, 0) is 41.1 Å². The molecule has 0 spiro atoms. The fourth-order valence-corrected chi connectivity index (χ4v) is 6.54. The molecular formula is C14H29BN3O13P3. The second-order valence-electron chi connectivity index (χ2n) is 9.17. The Morgan fingerprint density at radius 1 is 1.15 bits per heavy atom. The summed E-state index contributed by atoms with van der Waals surface area (Å²) in [6.07, 6.45) is -1.44. The summed E-state index contributed by atoms with van der Waals surface area (Å²) in [5.74, 6) is -0.604. The van der Waals surface area contributed by atoms with Gasteiger partial charge in [0, 0.05) is 23.9 Å². The predicted molar refractivity (Wildman–Crippen MR) is 118 cm³/mol. The zero-order valence-corrected chi connectivity index (χ0v) is 21.9. The van der Waals surface area contributed by atoms with E-state index in [1.807, 2.05) is 13.8 Å². The number of phosphoric acid groups is 3. The number of hydrogen-bond donors (Lipinski definition) is 4. The SMILES string of the molecule is B[C@H]1CC(OC(=O)C(C)(C)CC(C)(C)CN=[N+]=[N-])[C@@H](COP(=O)(O)OP(=O)(O)OP(=O)(O)O)O1. The molecule has 1 aliphatic rings. The summed E-state index contributed by atoms with van der Waals surface area (Å²) in [6.45, 7) is 6.37. The van der Waals surface area contributed by atoms with E-state index in [1.165, 1.54) is 0 Å². The molecule has 0 aromatic heterocycles. The van der Waals surface area contributed by atoms with Crippen molar-refractivity contribution in [3.8, 4) is 0 Å². The van der Waals surface area contributed by atoms with Crippen LogP contribution < -0.4 is 0 Å². The van der Waals surface area contributed by atoms with Gasteiger partial charge in [-0.3, -0.25) is 9.32 Å². The number of nitrogens with zero attached hydrogens (tertiary/aromatic N) is 3. The summed E-state index contributed by atoms with van der Waals surface area (Å²) < 4.78 is 57.0. The highest BCUT2D eigenvalue weighted by Gasteiger charge is 2.44. The summed E-state index contributed by atoms with van der Waals surface area (Å²) in [6, 6.07) is -0.433. The first-order valence-corrected chi connectivity index (χ1v) is 14.3. The Morgan fingerprint density at radius 3 is 2.26 bits per heavy atom. The molecule has 16 nitrogen and oxygen atoms in total. The lowest BCUT2D eigenvalue weighted by Crippen LogP contribution is -2.38. The molecule has 0 bridgehead atoms. The number of esters is 1. The van der Waals surface area contributed by atoms with Gasteiger partial charge >= 0.3 is 29.4 Å². The smallest absolute Gasteiger partial charge is 0.459 e. The maximum Gasteiger partial charge on any atom is 0.490 e. The molecule has 0 aliphatic carbocycles. The molecule has 0 aromatic rings. The Morgan fingerprint density at radius 2 is 1.74 bits per heavy atom. The first-order chi connectivity index (χ1) is 15.2. The summed E-state index contributed by atoms with van der Waals surface area (Å²) in [5, 5.41) is 3.54. The van der Waals surface area contributed by atoms with E-state index < -0.39 is 65.1 Å². The van der Waals surface area contributed by atoms with Gasteiger partial charge in [0.15, 0.2) is 0 Å². The van der Waals surface area contributed by atoms with E-state index in [1.54, 1.807) is 21.7 Å². The highest BCUT2D eigenvalue weighted by Crippen LogP contribution is 2.66. The van der Waals surface area contributed by atoms with E-state index >= 15 is 0 Å². The van der Waals surface area contributed by atoms with Crippen molar-refractivity contribution in [2.75, 3.05) is 13.2 Å². The molecule has 5 atom stereocenters. The van der Waals surface area contributed by atoms with E-state index in [-0.39, 0.29) is 13.0 Å². The van der Waals surface area contributed by atoms with Gasteiger partial charge in [-0.05, 0) is 31.2 Å². The van der Waals surface area contributed by atoms with E-state index in [2.05, 4.69) is 23.2 Å². The first kappa shape index (κ1) is 31.2. The number of ether oxygens (including phenoxy) is 2. The average molecular weight is 551 g/mol. The molecule has 0 amide bonds.